The largest absolute Gasteiger partial charge is 0.481 e. The zero-order valence-electron chi connectivity index (χ0n) is 10.0. The number of rotatable bonds is 5. The first-order valence-electron chi connectivity index (χ1n) is 5.93. The van der Waals surface area contributed by atoms with E-state index >= 15 is 0 Å². The molecule has 92 valence electrons. The predicted octanol–water partition coefficient (Wildman–Crippen LogP) is 2.49. The van der Waals surface area contributed by atoms with Crippen LogP contribution in [-0.2, 0) is 24.1 Å². The number of benzene rings is 1. The molecule has 0 aliphatic rings. The van der Waals surface area contributed by atoms with Crippen LogP contribution in [0.2, 0.25) is 0 Å². The fourth-order valence-electron chi connectivity index (χ4n) is 1.80. The lowest BCUT2D eigenvalue weighted by Crippen LogP contribution is -2.01. The fourth-order valence-corrected chi connectivity index (χ4v) is 1.80. The van der Waals surface area contributed by atoms with Gasteiger partial charge in [0.2, 0.25) is 0 Å². The molecule has 3 nitrogen and oxygen atoms in total. The van der Waals surface area contributed by atoms with E-state index in [0.29, 0.717) is 0 Å². The molecule has 2 rings (SSSR count). The maximum Gasteiger partial charge on any atom is 0.307 e. The molecule has 0 saturated heterocycles. The minimum absolute atomic E-state index is 0.0337. The Morgan fingerprint density at radius 1 is 1.00 bits per heavy atom. The van der Waals surface area contributed by atoms with Crippen LogP contribution < -0.4 is 0 Å². The minimum atomic E-state index is -0.825. The maximum absolute atomic E-state index is 10.5. The van der Waals surface area contributed by atoms with Crippen LogP contribution in [0.3, 0.4) is 0 Å². The van der Waals surface area contributed by atoms with Crippen molar-refractivity contribution in [2.45, 2.75) is 19.3 Å². The molecule has 0 saturated carbocycles. The van der Waals surface area contributed by atoms with Crippen molar-refractivity contribution < 1.29 is 9.90 Å². The summed E-state index contributed by atoms with van der Waals surface area (Å²) in [6, 6.07) is 14.0. The molecule has 0 unspecified atom stereocenters. The summed E-state index contributed by atoms with van der Waals surface area (Å²) in [5.74, 6) is -0.825. The summed E-state index contributed by atoms with van der Waals surface area (Å²) in [6.07, 6.45) is 3.50. The first-order chi connectivity index (χ1) is 8.74. The summed E-state index contributed by atoms with van der Waals surface area (Å²) < 4.78 is 0. The highest BCUT2D eigenvalue weighted by Gasteiger charge is 2.01. The Labute approximate surface area is 106 Å². The van der Waals surface area contributed by atoms with Gasteiger partial charge in [-0.25, -0.2) is 0 Å². The van der Waals surface area contributed by atoms with Crippen LogP contribution in [0.25, 0.3) is 0 Å². The van der Waals surface area contributed by atoms with E-state index in [4.69, 9.17) is 5.11 Å². The molecule has 1 aromatic carbocycles. The summed E-state index contributed by atoms with van der Waals surface area (Å²) >= 11 is 0. The molecule has 1 N–H and O–H groups in total. The van der Waals surface area contributed by atoms with Gasteiger partial charge in [-0.3, -0.25) is 9.78 Å². The first kappa shape index (κ1) is 12.3. The van der Waals surface area contributed by atoms with Gasteiger partial charge >= 0.3 is 5.97 Å². The van der Waals surface area contributed by atoms with E-state index in [9.17, 15) is 4.79 Å². The zero-order valence-corrected chi connectivity index (χ0v) is 10.0. The van der Waals surface area contributed by atoms with Gasteiger partial charge in [-0.05, 0) is 30.0 Å². The first-order valence-corrected chi connectivity index (χ1v) is 5.93. The topological polar surface area (TPSA) is 50.2 Å². The number of hydrogen-bond donors (Lipinski definition) is 1. The Hall–Kier alpha value is -2.16. The summed E-state index contributed by atoms with van der Waals surface area (Å²) in [7, 11) is 0. The van der Waals surface area contributed by atoms with E-state index in [0.717, 1.165) is 24.1 Å². The highest BCUT2D eigenvalue weighted by atomic mass is 16.4. The Morgan fingerprint density at radius 3 is 2.39 bits per heavy atom. The van der Waals surface area contributed by atoms with Crippen LogP contribution >= 0.6 is 0 Å². The molecule has 0 atom stereocenters. The van der Waals surface area contributed by atoms with E-state index in [1.165, 1.54) is 5.56 Å². The quantitative estimate of drug-likeness (QED) is 0.875. The number of nitrogens with zero attached hydrogens (tertiary/aromatic N) is 1. The Balaban J connectivity index is 1.92. The van der Waals surface area contributed by atoms with Crippen molar-refractivity contribution >= 4 is 5.97 Å². The fraction of sp³-hybridized carbons (Fsp3) is 0.200. The lowest BCUT2D eigenvalue weighted by atomic mass is 10.1. The molecule has 0 aliphatic carbocycles. The van der Waals surface area contributed by atoms with E-state index in [-0.39, 0.29) is 6.42 Å². The van der Waals surface area contributed by atoms with Gasteiger partial charge < -0.3 is 5.11 Å². The molecule has 2 aromatic rings. The molecule has 0 aliphatic heterocycles. The van der Waals surface area contributed by atoms with Gasteiger partial charge in [0.25, 0.3) is 0 Å². The van der Waals surface area contributed by atoms with Gasteiger partial charge in [0.1, 0.15) is 0 Å². The van der Waals surface area contributed by atoms with Crippen molar-refractivity contribution in [3.8, 4) is 0 Å². The van der Waals surface area contributed by atoms with Crippen molar-refractivity contribution in [1.29, 1.82) is 0 Å². The molecule has 0 bridgehead atoms. The number of hydrogen-bond acceptors (Lipinski definition) is 2. The smallest absolute Gasteiger partial charge is 0.307 e. The molecule has 0 spiro atoms. The van der Waals surface area contributed by atoms with E-state index in [1.807, 2.05) is 30.3 Å². The second-order valence-electron chi connectivity index (χ2n) is 4.21. The maximum atomic E-state index is 10.5. The van der Waals surface area contributed by atoms with Crippen LogP contribution in [-0.4, -0.2) is 16.1 Å². The number of aromatic nitrogens is 1. The standard InChI is InChI=1S/C15H15NO2/c17-15(18)10-13-7-9-14(16-11-13)8-6-12-4-2-1-3-5-12/h1-5,7,9,11H,6,8,10H2,(H,17,18). The van der Waals surface area contributed by atoms with Gasteiger partial charge in [0.15, 0.2) is 0 Å². The summed E-state index contributed by atoms with van der Waals surface area (Å²) in [6.45, 7) is 0. The van der Waals surface area contributed by atoms with Crippen LogP contribution in [0, 0.1) is 0 Å². The van der Waals surface area contributed by atoms with E-state index < -0.39 is 5.97 Å². The lowest BCUT2D eigenvalue weighted by molar-refractivity contribution is -0.136. The molecule has 18 heavy (non-hydrogen) atoms. The van der Waals surface area contributed by atoms with Crippen LogP contribution in [0.1, 0.15) is 16.8 Å². The summed E-state index contributed by atoms with van der Waals surface area (Å²) in [5.41, 5.74) is 3.02. The summed E-state index contributed by atoms with van der Waals surface area (Å²) in [5, 5.41) is 8.66. The van der Waals surface area contributed by atoms with E-state index in [2.05, 4.69) is 17.1 Å². The number of carbonyl (C=O) groups is 1. The number of carboxylic acids is 1. The lowest BCUT2D eigenvalue weighted by Gasteiger charge is -2.02. The average Bonchev–Trinajstić information content (AvgIpc) is 2.38. The highest BCUT2D eigenvalue weighted by molar-refractivity contribution is 5.69. The predicted molar refractivity (Wildman–Crippen MR) is 69.4 cm³/mol. The van der Waals surface area contributed by atoms with Crippen molar-refractivity contribution in [2.75, 3.05) is 0 Å². The van der Waals surface area contributed by atoms with Crippen molar-refractivity contribution in [3.63, 3.8) is 0 Å². The second kappa shape index (κ2) is 5.96. The third-order valence-electron chi connectivity index (χ3n) is 2.75. The van der Waals surface area contributed by atoms with Crippen molar-refractivity contribution in [3.05, 3.63) is 65.5 Å². The minimum Gasteiger partial charge on any atom is -0.481 e. The van der Waals surface area contributed by atoms with E-state index in [1.54, 1.807) is 6.20 Å². The number of pyridine rings is 1. The molecule has 1 aromatic heterocycles. The summed E-state index contributed by atoms with van der Waals surface area (Å²) in [4.78, 5) is 14.8. The van der Waals surface area contributed by atoms with Gasteiger partial charge in [-0.15, -0.1) is 0 Å². The highest BCUT2D eigenvalue weighted by Crippen LogP contribution is 2.06. The van der Waals surface area contributed by atoms with Gasteiger partial charge in [0, 0.05) is 11.9 Å². The number of aliphatic carboxylic acids is 1. The van der Waals surface area contributed by atoms with Crippen LogP contribution in [0.5, 0.6) is 0 Å². The Morgan fingerprint density at radius 2 is 1.78 bits per heavy atom. The molecule has 1 heterocycles. The Bertz CT molecular complexity index is 506. The molecule has 0 fully saturated rings. The second-order valence-corrected chi connectivity index (χ2v) is 4.21. The number of carboxylic acid groups (broad SMARTS) is 1. The third kappa shape index (κ3) is 3.70. The van der Waals surface area contributed by atoms with Gasteiger partial charge in [-0.1, -0.05) is 36.4 Å². The van der Waals surface area contributed by atoms with Crippen molar-refractivity contribution in [2.24, 2.45) is 0 Å². The molecule has 0 radical (unpaired) electrons. The molecule has 3 heteroatoms. The molecular weight excluding hydrogens is 226 g/mol. The van der Waals surface area contributed by atoms with Crippen LogP contribution in [0.15, 0.2) is 48.7 Å². The normalized spacial score (nSPS) is 10.2. The zero-order chi connectivity index (χ0) is 12.8. The average molecular weight is 241 g/mol. The Kier molecular flexibility index (Phi) is 4.07. The van der Waals surface area contributed by atoms with Crippen LogP contribution in [0.4, 0.5) is 0 Å². The molecular formula is C15H15NO2. The molecule has 0 amide bonds. The SMILES string of the molecule is O=C(O)Cc1ccc(CCc2ccccc2)nc1. The van der Waals surface area contributed by atoms with Gasteiger partial charge in [-0.2, -0.15) is 0 Å². The van der Waals surface area contributed by atoms with Crippen molar-refractivity contribution in [1.82, 2.24) is 4.98 Å². The third-order valence-corrected chi connectivity index (χ3v) is 2.75. The number of aryl methyl sites for hydroxylation is 2. The van der Waals surface area contributed by atoms with Gasteiger partial charge in [0.05, 0.1) is 6.42 Å². The monoisotopic (exact) mass is 241 g/mol.